The Morgan fingerprint density at radius 3 is 2.52 bits per heavy atom. The molecule has 0 radical (unpaired) electrons. The standard InChI is InChI=1S/C32H29F2N9O3/c33-32(34)43-38-29(37-39-43)28(19-5-2-1-3-6-19)40-17-22-8-9-23(18-40)42(22)31(45)25-15-20(12-13-35-25)30-36-24-16-21(10-11-26(24)46-30)41-14-4-7-27(41)44/h1-3,5-6,10-13,15-16,22-23,28,32H,4,7-9,14,17-18H2/t22?,23?,28-/m0/s1. The second kappa shape index (κ2) is 11.4. The van der Waals surface area contributed by atoms with E-state index in [9.17, 15) is 18.4 Å². The second-order valence-corrected chi connectivity index (χ2v) is 11.9. The number of amides is 2. The highest BCUT2D eigenvalue weighted by Gasteiger charge is 2.46. The van der Waals surface area contributed by atoms with Gasteiger partial charge in [-0.15, -0.1) is 10.2 Å². The molecule has 0 N–H and O–H groups in total. The van der Waals surface area contributed by atoms with Crippen molar-refractivity contribution in [1.82, 2.24) is 40.0 Å². The van der Waals surface area contributed by atoms with Crippen LogP contribution in [0.25, 0.3) is 22.6 Å². The first-order valence-electron chi connectivity index (χ1n) is 15.3. The number of benzene rings is 2. The first-order chi connectivity index (χ1) is 22.4. The van der Waals surface area contributed by atoms with Crippen LogP contribution in [-0.4, -0.2) is 83.5 Å². The molecule has 3 atom stereocenters. The molecule has 3 aromatic heterocycles. The highest BCUT2D eigenvalue weighted by molar-refractivity contribution is 5.97. The van der Waals surface area contributed by atoms with Crippen molar-refractivity contribution in [3.63, 3.8) is 0 Å². The van der Waals surface area contributed by atoms with Gasteiger partial charge in [0.2, 0.25) is 11.8 Å². The van der Waals surface area contributed by atoms with E-state index in [0.717, 1.165) is 30.5 Å². The second-order valence-electron chi connectivity index (χ2n) is 11.9. The summed E-state index contributed by atoms with van der Waals surface area (Å²) < 4.78 is 32.7. The minimum atomic E-state index is -2.89. The fourth-order valence-electron chi connectivity index (χ4n) is 7.01. The molecular weight excluding hydrogens is 596 g/mol. The number of oxazole rings is 1. The van der Waals surface area contributed by atoms with Crippen molar-refractivity contribution in [1.29, 1.82) is 0 Å². The summed E-state index contributed by atoms with van der Waals surface area (Å²) in [6.07, 6.45) is 4.56. The molecule has 234 valence electrons. The SMILES string of the molecule is O=C1CCCN1c1ccc2oc(-c3ccnc(C(=O)N4C5CCC4CN([C@@H](c4ccccc4)c4nnn(C(F)F)n4)C5)c3)nc2c1. The van der Waals surface area contributed by atoms with Crippen LogP contribution in [0.5, 0.6) is 0 Å². The molecule has 0 aliphatic carbocycles. The third kappa shape index (κ3) is 4.98. The number of carbonyl (C=O) groups is 2. The van der Waals surface area contributed by atoms with Gasteiger partial charge in [-0.25, -0.2) is 4.98 Å². The van der Waals surface area contributed by atoms with Crippen LogP contribution in [0.2, 0.25) is 0 Å². The molecule has 0 saturated carbocycles. The molecule has 6 heterocycles. The molecule has 3 fully saturated rings. The lowest BCUT2D eigenvalue weighted by Gasteiger charge is -2.43. The Hall–Kier alpha value is -5.11. The Kier molecular flexibility index (Phi) is 7.00. The normalized spacial score (nSPS) is 20.7. The molecule has 2 amide bonds. The molecule has 2 aromatic carbocycles. The lowest BCUT2D eigenvalue weighted by Crippen LogP contribution is -2.56. The average Bonchev–Trinajstić information content (AvgIpc) is 3.87. The zero-order valence-electron chi connectivity index (χ0n) is 24.6. The quantitative estimate of drug-likeness (QED) is 0.257. The number of hydrogen-bond acceptors (Lipinski definition) is 9. The number of carbonyl (C=O) groups excluding carboxylic acids is 2. The fourth-order valence-corrected chi connectivity index (χ4v) is 7.01. The van der Waals surface area contributed by atoms with Crippen LogP contribution in [0.15, 0.2) is 71.3 Å². The van der Waals surface area contributed by atoms with E-state index < -0.39 is 12.6 Å². The lowest BCUT2D eigenvalue weighted by atomic mass is 10.0. The van der Waals surface area contributed by atoms with Gasteiger partial charge in [0.25, 0.3) is 5.91 Å². The predicted octanol–water partition coefficient (Wildman–Crippen LogP) is 4.48. The molecular formula is C32H29F2N9O3. The fraction of sp³-hybridized carbons (Fsp3) is 0.344. The number of anilines is 1. The van der Waals surface area contributed by atoms with Crippen LogP contribution in [0.1, 0.15) is 60.2 Å². The summed E-state index contributed by atoms with van der Waals surface area (Å²) in [4.78, 5) is 41.4. The number of hydrogen-bond donors (Lipinski definition) is 0. The number of rotatable bonds is 7. The Balaban J connectivity index is 1.04. The van der Waals surface area contributed by atoms with E-state index in [-0.39, 0.29) is 35.4 Å². The maximum absolute atomic E-state index is 14.0. The van der Waals surface area contributed by atoms with Gasteiger partial charge in [0.1, 0.15) is 11.2 Å². The molecule has 12 nitrogen and oxygen atoms in total. The van der Waals surface area contributed by atoms with Gasteiger partial charge in [0, 0.05) is 55.6 Å². The predicted molar refractivity (Wildman–Crippen MR) is 161 cm³/mol. The largest absolute Gasteiger partial charge is 0.436 e. The topological polar surface area (TPSA) is 126 Å². The Morgan fingerprint density at radius 1 is 1.00 bits per heavy atom. The minimum absolute atomic E-state index is 0.0990. The summed E-state index contributed by atoms with van der Waals surface area (Å²) >= 11 is 0. The zero-order valence-corrected chi connectivity index (χ0v) is 24.6. The maximum atomic E-state index is 14.0. The van der Waals surface area contributed by atoms with Crippen LogP contribution >= 0.6 is 0 Å². The van der Waals surface area contributed by atoms with Crippen molar-refractivity contribution in [3.8, 4) is 11.5 Å². The van der Waals surface area contributed by atoms with Gasteiger partial charge in [0.05, 0.1) is 6.04 Å². The van der Waals surface area contributed by atoms with Crippen molar-refractivity contribution < 1.29 is 22.8 Å². The smallest absolute Gasteiger partial charge is 0.350 e. The van der Waals surface area contributed by atoms with Gasteiger partial charge in [-0.05, 0) is 60.4 Å². The monoisotopic (exact) mass is 625 g/mol. The summed E-state index contributed by atoms with van der Waals surface area (Å²) in [5.74, 6) is 0.469. The number of fused-ring (bicyclic) bond motifs is 3. The highest BCUT2D eigenvalue weighted by Crippen LogP contribution is 2.37. The van der Waals surface area contributed by atoms with E-state index in [1.54, 1.807) is 23.2 Å². The molecule has 3 aliphatic heterocycles. The third-order valence-corrected chi connectivity index (χ3v) is 9.07. The van der Waals surface area contributed by atoms with Gasteiger partial charge in [-0.3, -0.25) is 19.5 Å². The van der Waals surface area contributed by atoms with E-state index in [4.69, 9.17) is 4.42 Å². The van der Waals surface area contributed by atoms with Gasteiger partial charge >= 0.3 is 6.55 Å². The van der Waals surface area contributed by atoms with Crippen molar-refractivity contribution in [3.05, 3.63) is 83.9 Å². The van der Waals surface area contributed by atoms with E-state index in [0.29, 0.717) is 53.4 Å². The van der Waals surface area contributed by atoms with Gasteiger partial charge in [-0.1, -0.05) is 35.1 Å². The summed E-state index contributed by atoms with van der Waals surface area (Å²) in [5.41, 5.74) is 3.77. The molecule has 14 heteroatoms. The van der Waals surface area contributed by atoms with Gasteiger partial charge < -0.3 is 14.2 Å². The van der Waals surface area contributed by atoms with E-state index in [1.807, 2.05) is 53.4 Å². The summed E-state index contributed by atoms with van der Waals surface area (Å²) in [6.45, 7) is -1.18. The van der Waals surface area contributed by atoms with Gasteiger partial charge in [-0.2, -0.15) is 8.78 Å². The molecule has 3 saturated heterocycles. The van der Waals surface area contributed by atoms with Crippen molar-refractivity contribution >= 4 is 28.6 Å². The number of aromatic nitrogens is 6. The Labute approximate surface area is 261 Å². The minimum Gasteiger partial charge on any atom is -0.436 e. The van der Waals surface area contributed by atoms with E-state index in [1.165, 1.54) is 0 Å². The zero-order chi connectivity index (χ0) is 31.4. The number of nitrogens with zero attached hydrogens (tertiary/aromatic N) is 9. The number of halogens is 2. The van der Waals surface area contributed by atoms with Crippen molar-refractivity contribution in [2.24, 2.45) is 0 Å². The Morgan fingerprint density at radius 2 is 1.80 bits per heavy atom. The average molecular weight is 626 g/mol. The summed E-state index contributed by atoms with van der Waals surface area (Å²) in [7, 11) is 0. The number of tetrazole rings is 1. The highest BCUT2D eigenvalue weighted by atomic mass is 19.3. The van der Waals surface area contributed by atoms with Crippen LogP contribution in [0, 0.1) is 0 Å². The molecule has 5 aromatic rings. The molecule has 3 aliphatic rings. The molecule has 2 bridgehead atoms. The van der Waals surface area contributed by atoms with Gasteiger partial charge in [0.15, 0.2) is 11.4 Å². The first-order valence-corrected chi connectivity index (χ1v) is 15.3. The number of piperazine rings is 1. The summed E-state index contributed by atoms with van der Waals surface area (Å²) in [6, 6.07) is 17.8. The summed E-state index contributed by atoms with van der Waals surface area (Å²) in [5, 5.41) is 11.5. The third-order valence-electron chi connectivity index (χ3n) is 9.07. The lowest BCUT2D eigenvalue weighted by molar-refractivity contribution is -0.117. The molecule has 46 heavy (non-hydrogen) atoms. The number of alkyl halides is 2. The Bertz CT molecular complexity index is 1920. The van der Waals surface area contributed by atoms with E-state index >= 15 is 0 Å². The van der Waals surface area contributed by atoms with Crippen molar-refractivity contribution in [2.45, 2.75) is 50.4 Å². The number of pyridine rings is 1. The van der Waals surface area contributed by atoms with E-state index in [2.05, 4.69) is 30.3 Å². The van der Waals surface area contributed by atoms with Crippen LogP contribution < -0.4 is 4.90 Å². The molecule has 2 unspecified atom stereocenters. The van der Waals surface area contributed by atoms with Crippen LogP contribution in [0.4, 0.5) is 14.5 Å². The maximum Gasteiger partial charge on any atom is 0.350 e. The molecule has 0 spiro atoms. The molecule has 8 rings (SSSR count). The van der Waals surface area contributed by atoms with Crippen LogP contribution in [0.3, 0.4) is 0 Å². The number of likely N-dealkylation sites (tertiary alicyclic amines) is 1. The first kappa shape index (κ1) is 28.4. The van der Waals surface area contributed by atoms with Crippen LogP contribution in [-0.2, 0) is 4.79 Å². The van der Waals surface area contributed by atoms with Crippen molar-refractivity contribution in [2.75, 3.05) is 24.5 Å².